The van der Waals surface area contributed by atoms with Crippen molar-refractivity contribution in [3.05, 3.63) is 11.4 Å². The fraction of sp³-hybridized carbons (Fsp3) is 0.625. The minimum absolute atomic E-state index is 0.0361. The van der Waals surface area contributed by atoms with Gasteiger partial charge < -0.3 is 0 Å². The summed E-state index contributed by atoms with van der Waals surface area (Å²) in [5.41, 5.74) is 0.632. The minimum atomic E-state index is -3.83. The zero-order valence-corrected chi connectivity index (χ0v) is 11.5. The highest BCUT2D eigenvalue weighted by atomic mass is 32.2. The molecule has 7 nitrogen and oxygen atoms in total. The van der Waals surface area contributed by atoms with Crippen LogP contribution in [-0.2, 0) is 26.4 Å². The summed E-state index contributed by atoms with van der Waals surface area (Å²) >= 11 is 0. The number of primary sulfonamides is 1. The molecule has 0 bridgehead atoms. The molecule has 0 aromatic carbocycles. The van der Waals surface area contributed by atoms with E-state index >= 15 is 0 Å². The Kier molecular flexibility index (Phi) is 3.65. The first-order valence-electron chi connectivity index (χ1n) is 4.77. The van der Waals surface area contributed by atoms with E-state index in [9.17, 15) is 16.8 Å². The molecule has 0 amide bonds. The van der Waals surface area contributed by atoms with E-state index in [1.54, 1.807) is 6.92 Å². The van der Waals surface area contributed by atoms with Crippen molar-refractivity contribution in [1.29, 1.82) is 0 Å². The largest absolute Gasteiger partial charge is 0.267 e. The molecule has 17 heavy (non-hydrogen) atoms. The molecule has 0 aliphatic rings. The lowest BCUT2D eigenvalue weighted by atomic mass is 10.4. The van der Waals surface area contributed by atoms with E-state index in [1.165, 1.54) is 11.6 Å². The van der Waals surface area contributed by atoms with Gasteiger partial charge in [0.15, 0.2) is 0 Å². The van der Waals surface area contributed by atoms with E-state index in [0.29, 0.717) is 5.69 Å². The number of hydrogen-bond acceptors (Lipinski definition) is 5. The number of aromatic nitrogens is 2. The molecule has 9 heteroatoms. The SMILES string of the molecule is Cc1nn(CCS(C)(=O)=O)c(C)c1S(N)(=O)=O. The second-order valence-corrected chi connectivity index (χ2v) is 7.66. The maximum absolute atomic E-state index is 11.3. The Labute approximate surface area is 101 Å². The molecule has 0 aliphatic carbocycles. The van der Waals surface area contributed by atoms with Crippen molar-refractivity contribution in [3.8, 4) is 0 Å². The maximum atomic E-state index is 11.3. The molecular weight excluding hydrogens is 266 g/mol. The highest BCUT2D eigenvalue weighted by Gasteiger charge is 2.21. The van der Waals surface area contributed by atoms with Crippen molar-refractivity contribution >= 4 is 19.9 Å². The van der Waals surface area contributed by atoms with Crippen molar-refractivity contribution in [2.45, 2.75) is 25.3 Å². The Bertz CT molecular complexity index is 628. The maximum Gasteiger partial charge on any atom is 0.241 e. The average molecular weight is 281 g/mol. The third kappa shape index (κ3) is 3.51. The summed E-state index contributed by atoms with van der Waals surface area (Å²) in [6, 6.07) is 0. The number of nitrogens with two attached hydrogens (primary N) is 1. The normalized spacial score (nSPS) is 12.9. The van der Waals surface area contributed by atoms with Crippen LogP contribution in [0.1, 0.15) is 11.4 Å². The van der Waals surface area contributed by atoms with Crippen LogP contribution in [0.15, 0.2) is 4.90 Å². The van der Waals surface area contributed by atoms with Crippen LogP contribution in [0, 0.1) is 13.8 Å². The lowest BCUT2D eigenvalue weighted by Gasteiger charge is -2.03. The number of rotatable bonds is 4. The van der Waals surface area contributed by atoms with Crippen molar-refractivity contribution in [1.82, 2.24) is 9.78 Å². The second kappa shape index (κ2) is 4.39. The van der Waals surface area contributed by atoms with E-state index in [1.807, 2.05) is 0 Å². The predicted molar refractivity (Wildman–Crippen MR) is 62.8 cm³/mol. The van der Waals surface area contributed by atoms with Gasteiger partial charge in [0, 0.05) is 6.26 Å². The number of nitrogens with zero attached hydrogens (tertiary/aromatic N) is 2. The fourth-order valence-electron chi connectivity index (χ4n) is 1.56. The summed E-state index contributed by atoms with van der Waals surface area (Å²) in [5, 5.41) is 9.03. The molecule has 0 spiro atoms. The molecule has 0 fully saturated rings. The predicted octanol–water partition coefficient (Wildman–Crippen LogP) is -0.808. The van der Waals surface area contributed by atoms with Crippen molar-refractivity contribution in [3.63, 3.8) is 0 Å². The van der Waals surface area contributed by atoms with Crippen molar-refractivity contribution < 1.29 is 16.8 Å². The highest BCUT2D eigenvalue weighted by Crippen LogP contribution is 2.17. The van der Waals surface area contributed by atoms with Gasteiger partial charge in [-0.05, 0) is 13.8 Å². The first kappa shape index (κ1) is 14.1. The zero-order valence-electron chi connectivity index (χ0n) is 9.84. The van der Waals surface area contributed by atoms with Gasteiger partial charge >= 0.3 is 0 Å². The summed E-state index contributed by atoms with van der Waals surface area (Å²) in [6.07, 6.45) is 1.11. The summed E-state index contributed by atoms with van der Waals surface area (Å²) in [7, 11) is -6.95. The number of sulfonamides is 1. The van der Waals surface area contributed by atoms with Crippen LogP contribution in [0.4, 0.5) is 0 Å². The van der Waals surface area contributed by atoms with Crippen LogP contribution in [0.2, 0.25) is 0 Å². The zero-order chi connectivity index (χ0) is 13.4. The fourth-order valence-corrected chi connectivity index (χ4v) is 3.04. The Morgan fingerprint density at radius 2 is 1.76 bits per heavy atom. The molecule has 0 saturated heterocycles. The molecule has 0 aliphatic heterocycles. The summed E-state index contributed by atoms with van der Waals surface area (Å²) < 4.78 is 46.0. The van der Waals surface area contributed by atoms with Gasteiger partial charge in [-0.2, -0.15) is 5.10 Å². The van der Waals surface area contributed by atoms with Gasteiger partial charge in [-0.1, -0.05) is 0 Å². The van der Waals surface area contributed by atoms with Gasteiger partial charge in [-0.25, -0.2) is 22.0 Å². The van der Waals surface area contributed by atoms with Crippen LogP contribution < -0.4 is 5.14 Å². The highest BCUT2D eigenvalue weighted by molar-refractivity contribution is 7.90. The van der Waals surface area contributed by atoms with E-state index in [4.69, 9.17) is 5.14 Å². The standard InChI is InChI=1S/C8H15N3O4S2/c1-6-8(17(9,14)15)7(2)11(10-6)4-5-16(3,12)13/h4-5H2,1-3H3,(H2,9,14,15). The molecular formula is C8H15N3O4S2. The molecule has 1 aromatic heterocycles. The average Bonchev–Trinajstić information content (AvgIpc) is 2.35. The molecule has 1 rings (SSSR count). The van der Waals surface area contributed by atoms with Crippen LogP contribution in [0.5, 0.6) is 0 Å². The van der Waals surface area contributed by atoms with Crippen molar-refractivity contribution in [2.24, 2.45) is 5.14 Å². The quantitative estimate of drug-likeness (QED) is 0.775. The number of hydrogen-bond donors (Lipinski definition) is 1. The van der Waals surface area contributed by atoms with E-state index in [2.05, 4.69) is 5.10 Å². The monoisotopic (exact) mass is 281 g/mol. The summed E-state index contributed by atoms with van der Waals surface area (Å²) in [5.74, 6) is -0.0982. The molecule has 1 heterocycles. The molecule has 2 N–H and O–H groups in total. The van der Waals surface area contributed by atoms with Gasteiger partial charge in [0.1, 0.15) is 14.7 Å². The second-order valence-electron chi connectivity index (χ2n) is 3.90. The van der Waals surface area contributed by atoms with Crippen LogP contribution in [-0.4, -0.2) is 38.6 Å². The smallest absolute Gasteiger partial charge is 0.241 e. The van der Waals surface area contributed by atoms with Crippen molar-refractivity contribution in [2.75, 3.05) is 12.0 Å². The molecule has 0 radical (unpaired) electrons. The Morgan fingerprint density at radius 1 is 1.24 bits per heavy atom. The van der Waals surface area contributed by atoms with E-state index < -0.39 is 19.9 Å². The number of sulfone groups is 1. The topological polar surface area (TPSA) is 112 Å². The van der Waals surface area contributed by atoms with E-state index in [0.717, 1.165) is 6.26 Å². The molecule has 1 aromatic rings. The van der Waals surface area contributed by atoms with Crippen LogP contribution in [0.25, 0.3) is 0 Å². The first-order valence-corrected chi connectivity index (χ1v) is 8.37. The van der Waals surface area contributed by atoms with Gasteiger partial charge in [0.05, 0.1) is 23.7 Å². The third-order valence-electron chi connectivity index (χ3n) is 2.27. The molecule has 98 valence electrons. The van der Waals surface area contributed by atoms with Gasteiger partial charge in [-0.3, -0.25) is 4.68 Å². The Morgan fingerprint density at radius 3 is 2.12 bits per heavy atom. The summed E-state index contributed by atoms with van der Waals surface area (Å²) in [4.78, 5) is -0.0361. The molecule has 0 saturated carbocycles. The molecule has 0 atom stereocenters. The minimum Gasteiger partial charge on any atom is -0.267 e. The summed E-state index contributed by atoms with van der Waals surface area (Å²) in [6.45, 7) is 3.17. The Hall–Kier alpha value is -0.930. The molecule has 0 unspecified atom stereocenters. The Balaban J connectivity index is 3.15. The van der Waals surface area contributed by atoms with Crippen LogP contribution in [0.3, 0.4) is 0 Å². The van der Waals surface area contributed by atoms with E-state index in [-0.39, 0.29) is 22.9 Å². The number of aryl methyl sites for hydroxylation is 2. The van der Waals surface area contributed by atoms with Gasteiger partial charge in [-0.15, -0.1) is 0 Å². The third-order valence-corrected chi connectivity index (χ3v) is 4.36. The van der Waals surface area contributed by atoms with Crippen LogP contribution >= 0.6 is 0 Å². The van der Waals surface area contributed by atoms with Gasteiger partial charge in [0.2, 0.25) is 10.0 Å². The lowest BCUT2D eigenvalue weighted by Crippen LogP contribution is -2.16. The first-order chi connectivity index (χ1) is 7.52. The lowest BCUT2D eigenvalue weighted by molar-refractivity contribution is 0.580. The van der Waals surface area contributed by atoms with Gasteiger partial charge in [0.25, 0.3) is 0 Å².